The summed E-state index contributed by atoms with van der Waals surface area (Å²) in [6.45, 7) is 3.09. The van der Waals surface area contributed by atoms with Gasteiger partial charge in [0.05, 0.1) is 5.56 Å². The van der Waals surface area contributed by atoms with Gasteiger partial charge >= 0.3 is 6.18 Å². The third-order valence-electron chi connectivity index (χ3n) is 4.41. The highest BCUT2D eigenvalue weighted by atomic mass is 32.2. The van der Waals surface area contributed by atoms with Crippen molar-refractivity contribution in [2.24, 2.45) is 0 Å². The Hall–Kier alpha value is -3.34. The molecule has 0 aliphatic rings. The van der Waals surface area contributed by atoms with E-state index in [2.05, 4.69) is 20.2 Å². The van der Waals surface area contributed by atoms with Crippen LogP contribution in [0.3, 0.4) is 0 Å². The SMILES string of the molecule is Cc1ccc(NS(=O)(=O)c2n[nH]c(C)c2C(=O)NCc2cccc(C(F)(F)F)c2)cc1. The number of hydrogen-bond acceptors (Lipinski definition) is 4. The Morgan fingerprint density at radius 3 is 2.42 bits per heavy atom. The van der Waals surface area contributed by atoms with Crippen LogP contribution in [0.1, 0.15) is 32.7 Å². The lowest BCUT2D eigenvalue weighted by molar-refractivity contribution is -0.137. The molecule has 0 aliphatic carbocycles. The van der Waals surface area contributed by atoms with Crippen molar-refractivity contribution in [2.45, 2.75) is 31.6 Å². The monoisotopic (exact) mass is 452 g/mol. The first-order valence-corrected chi connectivity index (χ1v) is 10.5. The molecule has 7 nitrogen and oxygen atoms in total. The molecule has 1 amide bonds. The molecule has 31 heavy (non-hydrogen) atoms. The first-order valence-electron chi connectivity index (χ1n) is 9.06. The van der Waals surface area contributed by atoms with E-state index in [-0.39, 0.29) is 23.4 Å². The van der Waals surface area contributed by atoms with Crippen LogP contribution < -0.4 is 10.0 Å². The summed E-state index contributed by atoms with van der Waals surface area (Å²) in [6, 6.07) is 11.1. The summed E-state index contributed by atoms with van der Waals surface area (Å²) in [6.07, 6.45) is -4.51. The number of aromatic amines is 1. The lowest BCUT2D eigenvalue weighted by Gasteiger charge is -2.11. The molecular weight excluding hydrogens is 433 g/mol. The van der Waals surface area contributed by atoms with Crippen LogP contribution in [0.25, 0.3) is 0 Å². The number of amides is 1. The fourth-order valence-corrected chi connectivity index (χ4v) is 4.05. The number of rotatable bonds is 6. The molecule has 0 bridgehead atoms. The number of hydrogen-bond donors (Lipinski definition) is 3. The van der Waals surface area contributed by atoms with Crippen LogP contribution >= 0.6 is 0 Å². The number of aryl methyl sites for hydroxylation is 2. The zero-order valence-corrected chi connectivity index (χ0v) is 17.4. The molecule has 0 aliphatic heterocycles. The summed E-state index contributed by atoms with van der Waals surface area (Å²) < 4.78 is 66.4. The molecule has 3 rings (SSSR count). The van der Waals surface area contributed by atoms with Gasteiger partial charge in [-0.15, -0.1) is 0 Å². The van der Waals surface area contributed by atoms with E-state index in [1.165, 1.54) is 19.1 Å². The van der Waals surface area contributed by atoms with Gasteiger partial charge in [0.2, 0.25) is 5.03 Å². The molecule has 3 aromatic rings. The van der Waals surface area contributed by atoms with E-state index in [1.807, 2.05) is 6.92 Å². The first-order chi connectivity index (χ1) is 14.5. The normalized spacial score (nSPS) is 11.9. The van der Waals surface area contributed by atoms with E-state index in [0.717, 1.165) is 17.7 Å². The van der Waals surface area contributed by atoms with E-state index in [1.54, 1.807) is 24.3 Å². The summed E-state index contributed by atoms with van der Waals surface area (Å²) in [5, 5.41) is 8.15. The molecular formula is C20H19F3N4O3S. The van der Waals surface area contributed by atoms with Crippen LogP contribution in [0, 0.1) is 13.8 Å². The number of H-pyrrole nitrogens is 1. The predicted molar refractivity (Wildman–Crippen MR) is 108 cm³/mol. The standard InChI is InChI=1S/C20H19F3N4O3S/c1-12-6-8-16(9-7-12)27-31(29,30)19-17(13(2)25-26-19)18(28)24-11-14-4-3-5-15(10-14)20(21,22)23/h3-10,27H,11H2,1-2H3,(H,24,28)(H,25,26). The van der Waals surface area contributed by atoms with Crippen LogP contribution in [-0.4, -0.2) is 24.5 Å². The summed E-state index contributed by atoms with van der Waals surface area (Å²) in [7, 11) is -4.19. The van der Waals surface area contributed by atoms with Gasteiger partial charge in [-0.1, -0.05) is 29.8 Å². The number of benzene rings is 2. The van der Waals surface area contributed by atoms with Crippen molar-refractivity contribution in [3.63, 3.8) is 0 Å². The lowest BCUT2D eigenvalue weighted by Crippen LogP contribution is -2.26. The van der Waals surface area contributed by atoms with Gasteiger partial charge in [0.1, 0.15) is 5.56 Å². The fraction of sp³-hybridized carbons (Fsp3) is 0.200. The van der Waals surface area contributed by atoms with E-state index in [4.69, 9.17) is 0 Å². The molecule has 164 valence electrons. The van der Waals surface area contributed by atoms with Gasteiger partial charge in [-0.3, -0.25) is 14.6 Å². The number of alkyl halides is 3. The molecule has 11 heteroatoms. The lowest BCUT2D eigenvalue weighted by atomic mass is 10.1. The van der Waals surface area contributed by atoms with E-state index in [0.29, 0.717) is 5.69 Å². The molecule has 0 unspecified atom stereocenters. The average molecular weight is 452 g/mol. The minimum Gasteiger partial charge on any atom is -0.348 e. The molecule has 3 N–H and O–H groups in total. The highest BCUT2D eigenvalue weighted by Crippen LogP contribution is 2.29. The summed E-state index contributed by atoms with van der Waals surface area (Å²) in [5.41, 5.74) is 0.586. The van der Waals surface area contributed by atoms with Gasteiger partial charge < -0.3 is 5.32 Å². The van der Waals surface area contributed by atoms with Gasteiger partial charge in [0.15, 0.2) is 0 Å². The quantitative estimate of drug-likeness (QED) is 0.530. The van der Waals surface area contributed by atoms with Crippen molar-refractivity contribution in [3.05, 3.63) is 76.5 Å². The second kappa shape index (κ2) is 8.42. The zero-order chi connectivity index (χ0) is 22.8. The zero-order valence-electron chi connectivity index (χ0n) is 16.5. The Labute approximate surface area is 176 Å². The Balaban J connectivity index is 1.80. The average Bonchev–Trinajstić information content (AvgIpc) is 3.10. The Morgan fingerprint density at radius 2 is 1.77 bits per heavy atom. The molecule has 0 spiro atoms. The van der Waals surface area contributed by atoms with Gasteiger partial charge in [0, 0.05) is 17.9 Å². The minimum absolute atomic E-state index is 0.200. The van der Waals surface area contributed by atoms with Gasteiger partial charge in [-0.2, -0.15) is 26.7 Å². The molecule has 0 saturated carbocycles. The van der Waals surface area contributed by atoms with E-state index in [9.17, 15) is 26.4 Å². The van der Waals surface area contributed by atoms with E-state index < -0.39 is 32.7 Å². The summed E-state index contributed by atoms with van der Waals surface area (Å²) in [4.78, 5) is 12.7. The fourth-order valence-electron chi connectivity index (χ4n) is 2.82. The molecule has 1 aromatic heterocycles. The maximum atomic E-state index is 12.9. The topological polar surface area (TPSA) is 104 Å². The number of nitrogens with zero attached hydrogens (tertiary/aromatic N) is 1. The number of sulfonamides is 1. The highest BCUT2D eigenvalue weighted by molar-refractivity contribution is 7.92. The third kappa shape index (κ3) is 5.23. The molecule has 1 heterocycles. The van der Waals surface area contributed by atoms with Crippen molar-refractivity contribution < 1.29 is 26.4 Å². The number of halogens is 3. The number of aromatic nitrogens is 2. The van der Waals surface area contributed by atoms with Crippen LogP contribution in [0.4, 0.5) is 18.9 Å². The Bertz CT molecular complexity index is 1200. The van der Waals surface area contributed by atoms with Crippen LogP contribution in [0.5, 0.6) is 0 Å². The van der Waals surface area contributed by atoms with Crippen molar-refractivity contribution >= 4 is 21.6 Å². The van der Waals surface area contributed by atoms with Crippen LogP contribution in [-0.2, 0) is 22.7 Å². The first kappa shape index (κ1) is 22.3. The number of carbonyl (C=O) groups excluding carboxylic acids is 1. The molecule has 0 atom stereocenters. The maximum Gasteiger partial charge on any atom is 0.416 e. The van der Waals surface area contributed by atoms with Crippen LogP contribution in [0.15, 0.2) is 53.6 Å². The molecule has 0 fully saturated rings. The Kier molecular flexibility index (Phi) is 6.07. The molecule has 0 saturated heterocycles. The van der Waals surface area contributed by atoms with Gasteiger partial charge in [-0.25, -0.2) is 0 Å². The van der Waals surface area contributed by atoms with Crippen LogP contribution in [0.2, 0.25) is 0 Å². The maximum absolute atomic E-state index is 12.9. The summed E-state index contributed by atoms with van der Waals surface area (Å²) in [5.74, 6) is -0.784. The number of anilines is 1. The van der Waals surface area contributed by atoms with Crippen molar-refractivity contribution in [1.82, 2.24) is 15.5 Å². The second-order valence-electron chi connectivity index (χ2n) is 6.88. The van der Waals surface area contributed by atoms with E-state index >= 15 is 0 Å². The Morgan fingerprint density at radius 1 is 1.10 bits per heavy atom. The largest absolute Gasteiger partial charge is 0.416 e. The smallest absolute Gasteiger partial charge is 0.348 e. The van der Waals surface area contributed by atoms with Crippen molar-refractivity contribution in [2.75, 3.05) is 4.72 Å². The van der Waals surface area contributed by atoms with Crippen molar-refractivity contribution in [3.8, 4) is 0 Å². The number of nitrogens with one attached hydrogen (secondary N) is 3. The van der Waals surface area contributed by atoms with Crippen molar-refractivity contribution in [1.29, 1.82) is 0 Å². The van der Waals surface area contributed by atoms with Gasteiger partial charge in [0.25, 0.3) is 15.9 Å². The molecule has 2 aromatic carbocycles. The summed E-state index contributed by atoms with van der Waals surface area (Å²) >= 11 is 0. The number of carbonyl (C=O) groups is 1. The highest BCUT2D eigenvalue weighted by Gasteiger charge is 2.31. The predicted octanol–water partition coefficient (Wildman–Crippen LogP) is 3.78. The van der Waals surface area contributed by atoms with Gasteiger partial charge in [-0.05, 0) is 43.7 Å². The molecule has 0 radical (unpaired) electrons. The second-order valence-corrected chi connectivity index (χ2v) is 8.48. The minimum atomic E-state index is -4.51. The third-order valence-corrected chi connectivity index (χ3v) is 5.72.